The third kappa shape index (κ3) is 5.68. The number of piperazine rings is 1. The molecular formula is C16H22Cl2N3O2+. The molecule has 126 valence electrons. The third-order valence-electron chi connectivity index (χ3n) is 4.06. The van der Waals surface area contributed by atoms with Crippen LogP contribution >= 0.6 is 23.2 Å². The van der Waals surface area contributed by atoms with E-state index < -0.39 is 0 Å². The molecule has 1 saturated heterocycles. The van der Waals surface area contributed by atoms with Crippen LogP contribution in [0.25, 0.3) is 0 Å². The highest BCUT2D eigenvalue weighted by molar-refractivity contribution is 6.35. The zero-order valence-electron chi connectivity index (χ0n) is 13.2. The summed E-state index contributed by atoms with van der Waals surface area (Å²) >= 11 is 12.0. The van der Waals surface area contributed by atoms with E-state index in [0.717, 1.165) is 31.7 Å². The van der Waals surface area contributed by atoms with Gasteiger partial charge in [-0.05, 0) is 24.1 Å². The molecule has 2 rings (SSSR count). The maximum atomic E-state index is 12.0. The summed E-state index contributed by atoms with van der Waals surface area (Å²) in [5, 5.41) is 4.15. The summed E-state index contributed by atoms with van der Waals surface area (Å²) in [6.45, 7) is 5.65. The average molecular weight is 359 g/mol. The monoisotopic (exact) mass is 358 g/mol. The molecule has 1 fully saturated rings. The molecule has 0 spiro atoms. The number of carbonyl (C=O) groups excluding carboxylic acids is 2. The molecule has 0 saturated carbocycles. The summed E-state index contributed by atoms with van der Waals surface area (Å²) in [6.07, 6.45) is 0.676. The lowest BCUT2D eigenvalue weighted by atomic mass is 10.1. The van der Waals surface area contributed by atoms with E-state index in [2.05, 4.69) is 5.32 Å². The highest BCUT2D eigenvalue weighted by Gasteiger charge is 2.23. The minimum atomic E-state index is 0.0290. The zero-order chi connectivity index (χ0) is 16.8. The fourth-order valence-corrected chi connectivity index (χ4v) is 3.17. The van der Waals surface area contributed by atoms with Crippen molar-refractivity contribution in [1.82, 2.24) is 10.2 Å². The summed E-state index contributed by atoms with van der Waals surface area (Å²) in [6, 6.07) is 5.38. The van der Waals surface area contributed by atoms with Crippen LogP contribution in [0.1, 0.15) is 12.5 Å². The van der Waals surface area contributed by atoms with Crippen molar-refractivity contribution < 1.29 is 14.5 Å². The second-order valence-electron chi connectivity index (χ2n) is 5.77. The van der Waals surface area contributed by atoms with E-state index in [1.165, 1.54) is 4.90 Å². The number of halogens is 2. The van der Waals surface area contributed by atoms with Crippen LogP contribution in [0.3, 0.4) is 0 Å². The second-order valence-corrected chi connectivity index (χ2v) is 6.61. The Labute approximate surface area is 146 Å². The molecule has 0 radical (unpaired) electrons. The van der Waals surface area contributed by atoms with Gasteiger partial charge in [-0.1, -0.05) is 29.3 Å². The van der Waals surface area contributed by atoms with Crippen LogP contribution in [0.5, 0.6) is 0 Å². The van der Waals surface area contributed by atoms with E-state index in [-0.39, 0.29) is 11.8 Å². The first-order valence-corrected chi connectivity index (χ1v) is 8.51. The van der Waals surface area contributed by atoms with Crippen molar-refractivity contribution in [3.63, 3.8) is 0 Å². The normalized spacial score (nSPS) is 15.5. The lowest BCUT2D eigenvalue weighted by molar-refractivity contribution is -0.896. The van der Waals surface area contributed by atoms with Gasteiger partial charge in [0.2, 0.25) is 5.91 Å². The molecule has 0 bridgehead atoms. The van der Waals surface area contributed by atoms with E-state index in [1.807, 2.05) is 11.0 Å². The van der Waals surface area contributed by atoms with Gasteiger partial charge in [0.25, 0.3) is 5.91 Å². The van der Waals surface area contributed by atoms with Gasteiger partial charge in [-0.15, -0.1) is 0 Å². The molecule has 0 atom stereocenters. The highest BCUT2D eigenvalue weighted by atomic mass is 35.5. The Hall–Kier alpha value is -1.30. The van der Waals surface area contributed by atoms with Crippen molar-refractivity contribution in [2.75, 3.05) is 39.3 Å². The molecule has 2 N–H and O–H groups in total. The van der Waals surface area contributed by atoms with Gasteiger partial charge < -0.3 is 15.1 Å². The first-order valence-electron chi connectivity index (χ1n) is 7.75. The van der Waals surface area contributed by atoms with Gasteiger partial charge in [0, 0.05) is 23.5 Å². The van der Waals surface area contributed by atoms with Gasteiger partial charge in [-0.3, -0.25) is 9.59 Å². The molecule has 1 aliphatic rings. The minimum Gasteiger partial charge on any atom is -0.351 e. The van der Waals surface area contributed by atoms with Crippen molar-refractivity contribution in [2.24, 2.45) is 0 Å². The standard InChI is InChI=1S/C16H21Cl2N3O2/c1-12(22)21-8-6-20(7-9-21)11-16(23)19-5-4-13-2-3-14(17)10-15(13)18/h2-3,10H,4-9,11H2,1H3,(H,19,23)/p+1. The Kier molecular flexibility index (Phi) is 6.69. The number of quaternary nitrogens is 1. The average Bonchev–Trinajstić information content (AvgIpc) is 2.50. The molecule has 0 aliphatic carbocycles. The summed E-state index contributed by atoms with van der Waals surface area (Å²) in [7, 11) is 0. The Morgan fingerprint density at radius 1 is 1.26 bits per heavy atom. The molecule has 0 aromatic heterocycles. The largest absolute Gasteiger partial charge is 0.351 e. The topological polar surface area (TPSA) is 53.9 Å². The molecule has 1 aliphatic heterocycles. The molecule has 7 heteroatoms. The number of rotatable bonds is 5. The van der Waals surface area contributed by atoms with Crippen LogP contribution in [-0.4, -0.2) is 56.0 Å². The number of carbonyl (C=O) groups is 2. The Morgan fingerprint density at radius 2 is 1.96 bits per heavy atom. The van der Waals surface area contributed by atoms with Crippen LogP contribution in [0.15, 0.2) is 18.2 Å². The lowest BCUT2D eigenvalue weighted by Crippen LogP contribution is -3.15. The van der Waals surface area contributed by atoms with Gasteiger partial charge in [-0.2, -0.15) is 0 Å². The fourth-order valence-electron chi connectivity index (χ4n) is 2.67. The maximum Gasteiger partial charge on any atom is 0.275 e. The van der Waals surface area contributed by atoms with Crippen molar-refractivity contribution >= 4 is 35.0 Å². The quantitative estimate of drug-likeness (QED) is 0.800. The number of amides is 2. The van der Waals surface area contributed by atoms with Crippen LogP contribution in [-0.2, 0) is 16.0 Å². The smallest absolute Gasteiger partial charge is 0.275 e. The van der Waals surface area contributed by atoms with E-state index >= 15 is 0 Å². The van der Waals surface area contributed by atoms with Gasteiger partial charge >= 0.3 is 0 Å². The van der Waals surface area contributed by atoms with E-state index in [4.69, 9.17) is 23.2 Å². The Balaban J connectivity index is 1.68. The molecule has 1 aromatic rings. The number of nitrogens with zero attached hydrogens (tertiary/aromatic N) is 1. The molecule has 23 heavy (non-hydrogen) atoms. The number of nitrogens with one attached hydrogen (secondary N) is 2. The predicted molar refractivity (Wildman–Crippen MR) is 91.0 cm³/mol. The van der Waals surface area contributed by atoms with E-state index in [9.17, 15) is 9.59 Å². The van der Waals surface area contributed by atoms with Gasteiger partial charge in [-0.25, -0.2) is 0 Å². The number of benzene rings is 1. The summed E-state index contributed by atoms with van der Waals surface area (Å²) in [5.41, 5.74) is 0.971. The third-order valence-corrected chi connectivity index (χ3v) is 4.64. The summed E-state index contributed by atoms with van der Waals surface area (Å²) in [5.74, 6) is 0.134. The minimum absolute atomic E-state index is 0.0290. The van der Waals surface area contributed by atoms with Crippen LogP contribution in [0.2, 0.25) is 10.0 Å². The van der Waals surface area contributed by atoms with Crippen LogP contribution in [0, 0.1) is 0 Å². The number of hydrogen-bond donors (Lipinski definition) is 2. The highest BCUT2D eigenvalue weighted by Crippen LogP contribution is 2.20. The lowest BCUT2D eigenvalue weighted by Gasteiger charge is -2.31. The number of hydrogen-bond acceptors (Lipinski definition) is 2. The Bertz CT molecular complexity index is 572. The SMILES string of the molecule is CC(=O)N1CC[NH+](CC(=O)NCCc2ccc(Cl)cc2Cl)CC1. The predicted octanol–water partition coefficient (Wildman–Crippen LogP) is 0.399. The molecule has 0 unspecified atom stereocenters. The zero-order valence-corrected chi connectivity index (χ0v) is 14.7. The molecule has 5 nitrogen and oxygen atoms in total. The van der Waals surface area contributed by atoms with Gasteiger partial charge in [0.15, 0.2) is 6.54 Å². The summed E-state index contributed by atoms with van der Waals surface area (Å²) in [4.78, 5) is 26.3. The fraction of sp³-hybridized carbons (Fsp3) is 0.500. The van der Waals surface area contributed by atoms with Gasteiger partial charge in [0.1, 0.15) is 0 Å². The van der Waals surface area contributed by atoms with Crippen LogP contribution < -0.4 is 10.2 Å². The van der Waals surface area contributed by atoms with Crippen molar-refractivity contribution in [3.05, 3.63) is 33.8 Å². The second kappa shape index (κ2) is 8.52. The van der Waals surface area contributed by atoms with Crippen molar-refractivity contribution in [1.29, 1.82) is 0 Å². The Morgan fingerprint density at radius 3 is 2.57 bits per heavy atom. The first-order chi connectivity index (χ1) is 11.0. The van der Waals surface area contributed by atoms with E-state index in [1.54, 1.807) is 19.1 Å². The molecule has 1 aromatic carbocycles. The molecule has 1 heterocycles. The van der Waals surface area contributed by atoms with Crippen molar-refractivity contribution in [3.8, 4) is 0 Å². The molecule has 2 amide bonds. The summed E-state index contributed by atoms with van der Waals surface area (Å²) < 4.78 is 0. The van der Waals surface area contributed by atoms with Crippen molar-refractivity contribution in [2.45, 2.75) is 13.3 Å². The van der Waals surface area contributed by atoms with Crippen LogP contribution in [0.4, 0.5) is 0 Å². The van der Waals surface area contributed by atoms with E-state index in [0.29, 0.717) is 29.6 Å². The first kappa shape index (κ1) is 18.0. The van der Waals surface area contributed by atoms with Gasteiger partial charge in [0.05, 0.1) is 26.2 Å². The maximum absolute atomic E-state index is 12.0. The molecular weight excluding hydrogens is 337 g/mol.